The molecule has 1 aliphatic carbocycles. The van der Waals surface area contributed by atoms with Gasteiger partial charge in [0, 0.05) is 11.6 Å². The molecule has 5 heteroatoms. The molecule has 1 aliphatic rings. The molecule has 1 aromatic carbocycles. The molecule has 0 bridgehead atoms. The Kier molecular flexibility index (Phi) is 2.87. The maximum Gasteiger partial charge on any atom is 0.188 e. The zero-order valence-corrected chi connectivity index (χ0v) is 10.2. The third kappa shape index (κ3) is 2.21. The Balaban J connectivity index is 1.96. The molecule has 0 N–H and O–H groups in total. The Morgan fingerprint density at radius 1 is 1.05 bits per heavy atom. The number of aromatic nitrogens is 1. The second kappa shape index (κ2) is 4.70. The van der Waals surface area contributed by atoms with Crippen LogP contribution in [0.25, 0.3) is 16.9 Å². The number of allylic oxidation sites excluding steroid dienone is 4. The number of halogens is 1. The summed E-state index contributed by atoms with van der Waals surface area (Å²) in [5.41, 5.74) is 1.11. The van der Waals surface area contributed by atoms with Gasteiger partial charge in [-0.1, -0.05) is 5.16 Å². The fourth-order valence-electron chi connectivity index (χ4n) is 1.86. The number of ketones is 2. The molecule has 0 saturated heterocycles. The Bertz CT molecular complexity index is 754. The number of benzene rings is 1. The monoisotopic (exact) mass is 269 g/mol. The topological polar surface area (TPSA) is 60.2 Å². The van der Waals surface area contributed by atoms with Crippen molar-refractivity contribution in [2.75, 3.05) is 0 Å². The van der Waals surface area contributed by atoms with Gasteiger partial charge in [-0.05, 0) is 42.5 Å². The van der Waals surface area contributed by atoms with Gasteiger partial charge in [-0.15, -0.1) is 0 Å². The molecule has 0 spiro atoms. The van der Waals surface area contributed by atoms with Gasteiger partial charge >= 0.3 is 0 Å². The summed E-state index contributed by atoms with van der Waals surface area (Å²) in [5, 5.41) is 3.78. The largest absolute Gasteiger partial charge is 0.356 e. The van der Waals surface area contributed by atoms with Crippen molar-refractivity contribution in [2.45, 2.75) is 0 Å². The summed E-state index contributed by atoms with van der Waals surface area (Å²) in [4.78, 5) is 23.0. The molecule has 1 aromatic heterocycles. The van der Waals surface area contributed by atoms with Gasteiger partial charge < -0.3 is 4.52 Å². The third-order valence-electron chi connectivity index (χ3n) is 2.87. The maximum atomic E-state index is 12.8. The third-order valence-corrected chi connectivity index (χ3v) is 2.87. The van der Waals surface area contributed by atoms with E-state index in [0.29, 0.717) is 11.3 Å². The number of carbonyl (C=O) groups is 2. The summed E-state index contributed by atoms with van der Waals surface area (Å²) in [5.74, 6) is -0.528. The highest BCUT2D eigenvalue weighted by molar-refractivity contribution is 6.33. The van der Waals surface area contributed by atoms with Crippen molar-refractivity contribution in [2.24, 2.45) is 0 Å². The normalized spacial score (nSPS) is 14.6. The van der Waals surface area contributed by atoms with Crippen molar-refractivity contribution in [3.05, 3.63) is 60.1 Å². The first kappa shape index (κ1) is 12.2. The molecule has 98 valence electrons. The Morgan fingerprint density at radius 2 is 1.80 bits per heavy atom. The van der Waals surface area contributed by atoms with E-state index in [1.54, 1.807) is 18.2 Å². The highest BCUT2D eigenvalue weighted by Gasteiger charge is 2.19. The van der Waals surface area contributed by atoms with Crippen LogP contribution in [0.4, 0.5) is 4.39 Å². The van der Waals surface area contributed by atoms with Crippen molar-refractivity contribution < 1.29 is 18.5 Å². The van der Waals surface area contributed by atoms with E-state index in [2.05, 4.69) is 5.16 Å². The predicted octanol–water partition coefficient (Wildman–Crippen LogP) is 2.57. The smallest absolute Gasteiger partial charge is 0.188 e. The van der Waals surface area contributed by atoms with Crippen LogP contribution in [-0.4, -0.2) is 16.7 Å². The lowest BCUT2D eigenvalue weighted by Crippen LogP contribution is -2.06. The van der Waals surface area contributed by atoms with E-state index in [4.69, 9.17) is 4.52 Å². The molecule has 0 amide bonds. The number of carbonyl (C=O) groups excluding carboxylic acids is 2. The number of hydrogen-bond acceptors (Lipinski definition) is 4. The first-order valence-electron chi connectivity index (χ1n) is 5.84. The number of nitrogens with zero attached hydrogens (tertiary/aromatic N) is 1. The summed E-state index contributed by atoms with van der Waals surface area (Å²) < 4.78 is 18.0. The molecular formula is C15H8FNO3. The van der Waals surface area contributed by atoms with Crippen molar-refractivity contribution in [1.82, 2.24) is 5.16 Å². The van der Waals surface area contributed by atoms with Crippen LogP contribution < -0.4 is 0 Å². The SMILES string of the molecule is O=C1C=CC(=O)C(c2cc(-c3ccc(F)cc3)on2)=C1. The molecule has 20 heavy (non-hydrogen) atoms. The molecular weight excluding hydrogens is 261 g/mol. The molecule has 0 aliphatic heterocycles. The van der Waals surface area contributed by atoms with Crippen LogP contribution in [0.15, 0.2) is 53.1 Å². The molecule has 2 aromatic rings. The molecule has 1 heterocycles. The van der Waals surface area contributed by atoms with E-state index in [0.717, 1.165) is 0 Å². The zero-order valence-electron chi connectivity index (χ0n) is 10.2. The highest BCUT2D eigenvalue weighted by atomic mass is 19.1. The van der Waals surface area contributed by atoms with Gasteiger partial charge in [0.2, 0.25) is 0 Å². The van der Waals surface area contributed by atoms with Crippen LogP contribution in [0, 0.1) is 5.82 Å². The molecule has 0 unspecified atom stereocenters. The zero-order chi connectivity index (χ0) is 14.1. The fourth-order valence-corrected chi connectivity index (χ4v) is 1.86. The number of hydrogen-bond donors (Lipinski definition) is 0. The average molecular weight is 269 g/mol. The number of rotatable bonds is 2. The summed E-state index contributed by atoms with van der Waals surface area (Å²) >= 11 is 0. The van der Waals surface area contributed by atoms with Gasteiger partial charge in [0.25, 0.3) is 0 Å². The second-order valence-electron chi connectivity index (χ2n) is 4.24. The Hall–Kier alpha value is -2.82. The van der Waals surface area contributed by atoms with Gasteiger partial charge in [0.15, 0.2) is 17.3 Å². The van der Waals surface area contributed by atoms with Crippen molar-refractivity contribution in [3.63, 3.8) is 0 Å². The lowest BCUT2D eigenvalue weighted by Gasteiger charge is -2.01. The van der Waals surface area contributed by atoms with E-state index in [9.17, 15) is 14.0 Å². The molecule has 0 fully saturated rings. The van der Waals surface area contributed by atoms with Crippen LogP contribution in [-0.2, 0) is 9.59 Å². The van der Waals surface area contributed by atoms with Crippen LogP contribution in [0.2, 0.25) is 0 Å². The summed E-state index contributed by atoms with van der Waals surface area (Å²) in [6.07, 6.45) is 3.62. The van der Waals surface area contributed by atoms with Gasteiger partial charge in [-0.2, -0.15) is 0 Å². The molecule has 0 atom stereocenters. The Labute approximate surface area is 113 Å². The minimum absolute atomic E-state index is 0.189. The van der Waals surface area contributed by atoms with E-state index in [1.165, 1.54) is 30.4 Å². The summed E-state index contributed by atoms with van der Waals surface area (Å²) in [6, 6.07) is 7.23. The summed E-state index contributed by atoms with van der Waals surface area (Å²) in [6.45, 7) is 0. The van der Waals surface area contributed by atoms with E-state index < -0.39 is 0 Å². The summed E-state index contributed by atoms with van der Waals surface area (Å²) in [7, 11) is 0. The van der Waals surface area contributed by atoms with E-state index >= 15 is 0 Å². The van der Waals surface area contributed by atoms with Crippen molar-refractivity contribution in [3.8, 4) is 11.3 Å². The molecule has 3 rings (SSSR count). The van der Waals surface area contributed by atoms with Gasteiger partial charge in [0.05, 0.1) is 5.57 Å². The predicted molar refractivity (Wildman–Crippen MR) is 69.0 cm³/mol. The van der Waals surface area contributed by atoms with Gasteiger partial charge in [-0.25, -0.2) is 4.39 Å². The van der Waals surface area contributed by atoms with Crippen molar-refractivity contribution in [1.29, 1.82) is 0 Å². The Morgan fingerprint density at radius 3 is 2.55 bits per heavy atom. The average Bonchev–Trinajstić information content (AvgIpc) is 2.92. The van der Waals surface area contributed by atoms with Crippen LogP contribution in [0.5, 0.6) is 0 Å². The molecule has 4 nitrogen and oxygen atoms in total. The van der Waals surface area contributed by atoms with Crippen LogP contribution in [0.3, 0.4) is 0 Å². The quantitative estimate of drug-likeness (QED) is 0.786. The maximum absolute atomic E-state index is 12.8. The van der Waals surface area contributed by atoms with Gasteiger partial charge in [-0.3, -0.25) is 9.59 Å². The minimum Gasteiger partial charge on any atom is -0.356 e. The van der Waals surface area contributed by atoms with Gasteiger partial charge in [0.1, 0.15) is 11.5 Å². The first-order chi connectivity index (χ1) is 9.63. The highest BCUT2D eigenvalue weighted by Crippen LogP contribution is 2.25. The van der Waals surface area contributed by atoms with Crippen molar-refractivity contribution >= 4 is 17.1 Å². The van der Waals surface area contributed by atoms with E-state index in [1.807, 2.05) is 0 Å². The second-order valence-corrected chi connectivity index (χ2v) is 4.24. The standard InChI is InChI=1S/C15H8FNO3/c16-10-3-1-9(2-4-10)15-8-13(17-20-15)12-7-11(18)5-6-14(12)19/h1-8H. The first-order valence-corrected chi connectivity index (χ1v) is 5.84. The molecule has 0 saturated carbocycles. The van der Waals surface area contributed by atoms with E-state index in [-0.39, 0.29) is 28.7 Å². The minimum atomic E-state index is -0.352. The lowest BCUT2D eigenvalue weighted by molar-refractivity contribution is -0.113. The van der Waals surface area contributed by atoms with Crippen LogP contribution >= 0.6 is 0 Å². The van der Waals surface area contributed by atoms with Crippen LogP contribution in [0.1, 0.15) is 5.69 Å². The lowest BCUT2D eigenvalue weighted by atomic mass is 10.0. The fraction of sp³-hybridized carbons (Fsp3) is 0. The molecule has 0 radical (unpaired) electrons.